The molecule has 0 radical (unpaired) electrons. The minimum atomic E-state index is -0.810. The highest BCUT2D eigenvalue weighted by Gasteiger charge is 2.31. The van der Waals surface area contributed by atoms with Crippen LogP contribution in [0.2, 0.25) is 0 Å². The fourth-order valence-electron chi connectivity index (χ4n) is 7.22. The van der Waals surface area contributed by atoms with Gasteiger partial charge < -0.3 is 5.11 Å². The van der Waals surface area contributed by atoms with Gasteiger partial charge in [0.2, 0.25) is 0 Å². The zero-order valence-electron chi connectivity index (χ0n) is 39.7. The van der Waals surface area contributed by atoms with Crippen molar-refractivity contribution in [2.45, 2.75) is 172 Å². The lowest BCUT2D eigenvalue weighted by Gasteiger charge is -2.28. The van der Waals surface area contributed by atoms with Crippen LogP contribution < -0.4 is 17.1 Å². The zero-order valence-corrected chi connectivity index (χ0v) is 39.7. The first-order chi connectivity index (χ1) is 27.0. The molecule has 0 amide bonds. The summed E-state index contributed by atoms with van der Waals surface area (Å²) >= 11 is 0. The normalized spacial score (nSPS) is 13.8. The van der Waals surface area contributed by atoms with Gasteiger partial charge >= 0.3 is 17.1 Å². The summed E-state index contributed by atoms with van der Waals surface area (Å²) in [6.45, 7) is 38.9. The first kappa shape index (κ1) is 49.4. The van der Waals surface area contributed by atoms with Gasteiger partial charge in [-0.3, -0.25) is 0 Å². The molecule has 60 heavy (non-hydrogen) atoms. The number of nitrogens with zero attached hydrogens (tertiary/aromatic N) is 5. The maximum absolute atomic E-state index is 14.8. The second kappa shape index (κ2) is 17.2. The summed E-state index contributed by atoms with van der Waals surface area (Å²) in [4.78, 5) is 69.1. The Morgan fingerprint density at radius 3 is 1.15 bits per heavy atom. The molecule has 3 rings (SSSR count). The van der Waals surface area contributed by atoms with Crippen molar-refractivity contribution in [2.75, 3.05) is 0 Å². The third kappa shape index (κ3) is 11.7. The van der Waals surface area contributed by atoms with E-state index < -0.39 is 44.1 Å². The molecule has 11 nitrogen and oxygen atoms in total. The van der Waals surface area contributed by atoms with E-state index in [1.165, 1.54) is 0 Å². The number of nitroso groups, excluding NO2 is 2. The molecular formula is C49H71N5O6. The van der Waals surface area contributed by atoms with Crippen LogP contribution in [0.25, 0.3) is 0 Å². The van der Waals surface area contributed by atoms with Gasteiger partial charge in [-0.1, -0.05) is 168 Å². The number of rotatable bonds is 11. The summed E-state index contributed by atoms with van der Waals surface area (Å²) in [5, 5.41) is 17.6. The highest BCUT2D eigenvalue weighted by Crippen LogP contribution is 2.42. The summed E-state index contributed by atoms with van der Waals surface area (Å²) in [7, 11) is 0. The topological polar surface area (TPSA) is 145 Å². The third-order valence-corrected chi connectivity index (χ3v) is 10.6. The van der Waals surface area contributed by atoms with Gasteiger partial charge in [0.25, 0.3) is 0 Å². The highest BCUT2D eigenvalue weighted by molar-refractivity contribution is 5.61. The Bertz CT molecular complexity index is 2200. The molecule has 0 aliphatic rings. The minimum Gasteiger partial charge on any atom is -0.508 e. The molecule has 0 atom stereocenters. The van der Waals surface area contributed by atoms with E-state index >= 15 is 0 Å². The van der Waals surface area contributed by atoms with Gasteiger partial charge in [0.15, 0.2) is 0 Å². The van der Waals surface area contributed by atoms with Gasteiger partial charge in [-0.15, -0.1) is 9.81 Å². The van der Waals surface area contributed by atoms with Gasteiger partial charge in [-0.05, 0) is 93.8 Å². The van der Waals surface area contributed by atoms with E-state index in [2.05, 4.69) is 37.7 Å². The number of aliphatic hydroxyl groups excluding tert-OH is 1. The van der Waals surface area contributed by atoms with Gasteiger partial charge in [0.1, 0.15) is 17.1 Å². The first-order valence-corrected chi connectivity index (χ1v) is 20.8. The Balaban J connectivity index is 2.58. The number of hydrogen-bond donors (Lipinski definition) is 1. The maximum atomic E-state index is 14.8. The molecular weight excluding hydrogens is 755 g/mol. The predicted molar refractivity (Wildman–Crippen MR) is 247 cm³/mol. The van der Waals surface area contributed by atoms with Crippen molar-refractivity contribution < 1.29 is 5.11 Å². The van der Waals surface area contributed by atoms with Crippen molar-refractivity contribution in [1.29, 1.82) is 0 Å². The Kier molecular flexibility index (Phi) is 14.2. The van der Waals surface area contributed by atoms with E-state index in [-0.39, 0.29) is 30.8 Å². The molecule has 0 aliphatic heterocycles. The van der Waals surface area contributed by atoms with Crippen LogP contribution in [0.5, 0.6) is 0 Å². The van der Waals surface area contributed by atoms with E-state index in [0.29, 0.717) is 62.3 Å². The van der Waals surface area contributed by atoms with Crippen LogP contribution in [0, 0.1) is 20.6 Å². The third-order valence-electron chi connectivity index (χ3n) is 10.6. The summed E-state index contributed by atoms with van der Waals surface area (Å²) in [5.41, 5.74) is 0.473. The maximum Gasteiger partial charge on any atom is 0.336 e. The van der Waals surface area contributed by atoms with Crippen molar-refractivity contribution in [3.63, 3.8) is 0 Å². The Hall–Kier alpha value is -4.93. The van der Waals surface area contributed by atoms with Crippen LogP contribution in [0.4, 0.5) is 11.4 Å². The molecule has 0 saturated heterocycles. The van der Waals surface area contributed by atoms with Crippen LogP contribution in [0.1, 0.15) is 164 Å². The second-order valence-corrected chi connectivity index (χ2v) is 22.7. The summed E-state index contributed by atoms with van der Waals surface area (Å²) < 4.78 is 3.21. The van der Waals surface area contributed by atoms with Crippen molar-refractivity contribution in [2.24, 2.45) is 21.2 Å². The molecule has 1 heterocycles. The molecule has 0 spiro atoms. The van der Waals surface area contributed by atoms with Gasteiger partial charge in [-0.2, -0.15) is 0 Å². The fraction of sp³-hybridized carbons (Fsp3) is 0.571. The second-order valence-electron chi connectivity index (χ2n) is 22.7. The smallest absolute Gasteiger partial charge is 0.336 e. The first-order valence-electron chi connectivity index (χ1n) is 20.8. The van der Waals surface area contributed by atoms with Gasteiger partial charge in [0, 0.05) is 0 Å². The molecule has 0 saturated carbocycles. The van der Waals surface area contributed by atoms with Gasteiger partial charge in [-0.25, -0.2) is 28.1 Å². The Labute approximate surface area is 357 Å². The van der Waals surface area contributed by atoms with E-state index in [9.17, 15) is 29.3 Å². The molecule has 11 heteroatoms. The van der Waals surface area contributed by atoms with E-state index in [1.54, 1.807) is 6.08 Å². The average molecular weight is 826 g/mol. The lowest BCUT2D eigenvalue weighted by Crippen LogP contribution is -2.55. The quantitative estimate of drug-likeness (QED) is 0.116. The molecule has 0 aliphatic carbocycles. The number of benzene rings is 2. The number of aromatic nitrogens is 3. The lowest BCUT2D eigenvalue weighted by atomic mass is 9.77. The molecule has 2 aromatic carbocycles. The number of allylic oxidation sites excluding steroid dienone is 4. The summed E-state index contributed by atoms with van der Waals surface area (Å²) in [6.07, 6.45) is 4.31. The van der Waals surface area contributed by atoms with Crippen molar-refractivity contribution >= 4 is 11.4 Å². The predicted octanol–water partition coefficient (Wildman–Crippen LogP) is 11.7. The SMILES string of the molecule is C=C(O)/C(=C\C(=C/CC(C)(C)C)Cn1c(=O)n(Cc2cc(C(C)(C)C)c(N=O)c(C(C)(C)C)c2)c(=O)n(Cc2cc(C(C)(C)C)c(N=O)c(C(C)(C)C)c2)c1=O)C(C)(C)C. The van der Waals surface area contributed by atoms with Crippen molar-refractivity contribution in [1.82, 2.24) is 13.7 Å². The molecule has 0 fully saturated rings. The van der Waals surface area contributed by atoms with Crippen LogP contribution in [0.3, 0.4) is 0 Å². The Morgan fingerprint density at radius 1 is 0.583 bits per heavy atom. The average Bonchev–Trinajstić information content (AvgIpc) is 3.07. The molecule has 328 valence electrons. The number of aliphatic hydroxyl groups is 1. The van der Waals surface area contributed by atoms with Crippen LogP contribution in [0.15, 0.2) is 84.6 Å². The molecule has 0 unspecified atom stereocenters. The van der Waals surface area contributed by atoms with Crippen LogP contribution in [-0.2, 0) is 41.3 Å². The van der Waals surface area contributed by atoms with E-state index in [0.717, 1.165) is 13.7 Å². The van der Waals surface area contributed by atoms with Crippen LogP contribution >= 0.6 is 0 Å². The number of hydrogen-bond acceptors (Lipinski definition) is 8. The fourth-order valence-corrected chi connectivity index (χ4v) is 7.22. The largest absolute Gasteiger partial charge is 0.508 e. The molecule has 1 N–H and O–H groups in total. The summed E-state index contributed by atoms with van der Waals surface area (Å²) in [5.74, 6) is -0.131. The summed E-state index contributed by atoms with van der Waals surface area (Å²) in [6, 6.07) is 7.25. The standard InChI is InChI=1S/C49H71N5O6/c1-30(55)34(45(5,6)7)22-31(20-21-44(2,3)4)27-52-41(56)53(28-32-23-35(46(8,9)10)39(50-59)36(24-32)47(11,12)13)43(58)54(42(52)57)29-33-25-37(48(14,15)16)40(51-60)38(26-33)49(17,18)19/h20,22-26,55H,1,21,27-29H2,2-19H3/b31-20+,34-22+. The highest BCUT2D eigenvalue weighted by atomic mass is 16.3. The van der Waals surface area contributed by atoms with Crippen molar-refractivity contribution in [3.8, 4) is 0 Å². The van der Waals surface area contributed by atoms with Crippen LogP contribution in [-0.4, -0.2) is 18.8 Å². The zero-order chi connectivity index (χ0) is 46.3. The lowest BCUT2D eigenvalue weighted by molar-refractivity contribution is 0.381. The van der Waals surface area contributed by atoms with E-state index in [4.69, 9.17) is 0 Å². The Morgan fingerprint density at radius 2 is 0.900 bits per heavy atom. The monoisotopic (exact) mass is 826 g/mol. The molecule has 0 bridgehead atoms. The minimum absolute atomic E-state index is 0.131. The molecule has 3 aromatic rings. The van der Waals surface area contributed by atoms with E-state index in [1.807, 2.05) is 134 Å². The van der Waals surface area contributed by atoms with Crippen molar-refractivity contribution in [3.05, 3.63) is 135 Å². The van der Waals surface area contributed by atoms with Gasteiger partial charge in [0.05, 0.1) is 19.6 Å². The molecule has 1 aromatic heterocycles.